The lowest BCUT2D eigenvalue weighted by Gasteiger charge is -2.32. The topological polar surface area (TPSA) is 80.2 Å². The second-order valence-corrected chi connectivity index (χ2v) is 6.70. The van der Waals surface area contributed by atoms with Crippen LogP contribution in [0.3, 0.4) is 0 Å². The number of carbonyl (C=O) groups excluding carboxylic acids is 2. The Morgan fingerprint density at radius 1 is 1.15 bits per heavy atom. The zero-order valence-electron chi connectivity index (χ0n) is 15.0. The molecule has 0 amide bonds. The van der Waals surface area contributed by atoms with Crippen molar-refractivity contribution in [2.24, 2.45) is 11.0 Å². The lowest BCUT2D eigenvalue weighted by Crippen LogP contribution is -2.44. The summed E-state index contributed by atoms with van der Waals surface area (Å²) in [5.41, 5.74) is 3.66. The smallest absolute Gasteiger partial charge is 0.375 e. The summed E-state index contributed by atoms with van der Waals surface area (Å²) in [5.74, 6) is -0.562. The maximum atomic E-state index is 12.3. The number of carbonyl (C=O) groups is 2. The van der Waals surface area contributed by atoms with E-state index in [4.69, 9.17) is 9.47 Å². The number of hydrogen-bond acceptors (Lipinski definition) is 6. The normalized spacial score (nSPS) is 15.5. The zero-order chi connectivity index (χ0) is 18.9. The molecule has 7 nitrogen and oxygen atoms in total. The van der Waals surface area contributed by atoms with E-state index >= 15 is 0 Å². The molecule has 2 rings (SSSR count). The molecule has 1 fully saturated rings. The average Bonchev–Trinajstić information content (AvgIpc) is 2.64. The van der Waals surface area contributed by atoms with Crippen LogP contribution in [-0.4, -0.2) is 49.0 Å². The van der Waals surface area contributed by atoms with Gasteiger partial charge in [0.25, 0.3) is 0 Å². The highest BCUT2D eigenvalue weighted by Gasteiger charge is 2.30. The van der Waals surface area contributed by atoms with Crippen molar-refractivity contribution in [2.75, 3.05) is 31.7 Å². The van der Waals surface area contributed by atoms with Crippen molar-refractivity contribution in [1.29, 1.82) is 0 Å². The highest BCUT2D eigenvalue weighted by atomic mass is 79.9. The van der Waals surface area contributed by atoms with Gasteiger partial charge in [-0.2, -0.15) is 0 Å². The number of hydrogen-bond donors (Lipinski definition) is 1. The first-order valence-electron chi connectivity index (χ1n) is 8.73. The molecule has 26 heavy (non-hydrogen) atoms. The summed E-state index contributed by atoms with van der Waals surface area (Å²) in [6.45, 7) is 5.30. The van der Waals surface area contributed by atoms with E-state index < -0.39 is 5.97 Å². The van der Waals surface area contributed by atoms with Gasteiger partial charge in [-0.05, 0) is 51.0 Å². The fraction of sp³-hybridized carbons (Fsp3) is 0.500. The first-order chi connectivity index (χ1) is 12.5. The Morgan fingerprint density at radius 3 is 2.35 bits per heavy atom. The molecule has 0 bridgehead atoms. The Labute approximate surface area is 161 Å². The summed E-state index contributed by atoms with van der Waals surface area (Å²) >= 11 is 3.38. The summed E-state index contributed by atoms with van der Waals surface area (Å²) in [6.07, 6.45) is 1.24. The van der Waals surface area contributed by atoms with Crippen LogP contribution < -0.4 is 5.43 Å². The van der Waals surface area contributed by atoms with Gasteiger partial charge in [0.15, 0.2) is 0 Å². The van der Waals surface area contributed by atoms with Crippen molar-refractivity contribution in [2.45, 2.75) is 26.7 Å². The number of rotatable bonds is 5. The molecule has 142 valence electrons. The van der Waals surface area contributed by atoms with Crippen LogP contribution in [0.1, 0.15) is 26.7 Å². The standard InChI is InChI=1S/C18H24BrN3O4/c1-3-25-17(23)13-9-11-22(12-10-13)16(18(24)26-4-2)21-20-15-7-5-14(19)6-8-15/h5-8,13,20H,3-4,9-12H2,1-2H3/b21-16-. The molecule has 1 aliphatic heterocycles. The minimum absolute atomic E-state index is 0.130. The molecule has 0 atom stereocenters. The monoisotopic (exact) mass is 425 g/mol. The van der Waals surface area contributed by atoms with Gasteiger partial charge in [0.05, 0.1) is 24.8 Å². The number of hydrazone groups is 1. The molecular weight excluding hydrogens is 402 g/mol. The molecule has 0 aliphatic carbocycles. The second-order valence-electron chi connectivity index (χ2n) is 5.79. The number of nitrogens with one attached hydrogen (secondary N) is 1. The van der Waals surface area contributed by atoms with Gasteiger partial charge in [0.1, 0.15) is 0 Å². The van der Waals surface area contributed by atoms with E-state index in [2.05, 4.69) is 26.5 Å². The molecule has 1 N–H and O–H groups in total. The van der Waals surface area contributed by atoms with Crippen LogP contribution in [0.15, 0.2) is 33.8 Å². The number of amidine groups is 1. The van der Waals surface area contributed by atoms with Crippen molar-refractivity contribution in [1.82, 2.24) is 4.90 Å². The fourth-order valence-corrected chi connectivity index (χ4v) is 2.93. The van der Waals surface area contributed by atoms with Gasteiger partial charge in [-0.25, -0.2) is 4.79 Å². The molecule has 1 aliphatic rings. The maximum absolute atomic E-state index is 12.3. The Bertz CT molecular complexity index is 640. The van der Waals surface area contributed by atoms with E-state index in [0.29, 0.717) is 32.5 Å². The second kappa shape index (κ2) is 10.2. The number of benzene rings is 1. The summed E-state index contributed by atoms with van der Waals surface area (Å²) in [4.78, 5) is 26.0. The molecule has 1 aromatic rings. The maximum Gasteiger partial charge on any atom is 0.375 e. The van der Waals surface area contributed by atoms with Crippen LogP contribution >= 0.6 is 15.9 Å². The van der Waals surface area contributed by atoms with Gasteiger partial charge in [0.2, 0.25) is 5.84 Å². The van der Waals surface area contributed by atoms with Crippen LogP contribution in [0.5, 0.6) is 0 Å². The Kier molecular flexibility index (Phi) is 7.90. The lowest BCUT2D eigenvalue weighted by atomic mass is 9.97. The van der Waals surface area contributed by atoms with Crippen molar-refractivity contribution in [3.63, 3.8) is 0 Å². The fourth-order valence-electron chi connectivity index (χ4n) is 2.67. The number of halogens is 1. The predicted molar refractivity (Wildman–Crippen MR) is 103 cm³/mol. The molecule has 1 aromatic carbocycles. The molecule has 0 spiro atoms. The van der Waals surface area contributed by atoms with E-state index in [1.165, 1.54) is 0 Å². The van der Waals surface area contributed by atoms with Crippen LogP contribution in [-0.2, 0) is 19.1 Å². The Hall–Kier alpha value is -2.09. The number of nitrogens with zero attached hydrogens (tertiary/aromatic N) is 2. The summed E-state index contributed by atoms with van der Waals surface area (Å²) in [6, 6.07) is 7.46. The molecule has 8 heteroatoms. The zero-order valence-corrected chi connectivity index (χ0v) is 16.6. The number of anilines is 1. The molecule has 1 heterocycles. The van der Waals surface area contributed by atoms with Gasteiger partial charge >= 0.3 is 11.9 Å². The van der Waals surface area contributed by atoms with E-state index in [-0.39, 0.29) is 24.3 Å². The third kappa shape index (κ3) is 5.72. The quantitative estimate of drug-likeness (QED) is 0.338. The third-order valence-corrected chi connectivity index (χ3v) is 4.54. The summed E-state index contributed by atoms with van der Waals surface area (Å²) in [5, 5.41) is 4.26. The van der Waals surface area contributed by atoms with Gasteiger partial charge in [0, 0.05) is 17.6 Å². The number of esters is 2. The van der Waals surface area contributed by atoms with Crippen LogP contribution in [0, 0.1) is 5.92 Å². The minimum atomic E-state index is -0.480. The molecule has 1 saturated heterocycles. The highest BCUT2D eigenvalue weighted by Crippen LogP contribution is 2.20. The largest absolute Gasteiger partial charge is 0.466 e. The lowest BCUT2D eigenvalue weighted by molar-refractivity contribution is -0.149. The SMILES string of the molecule is CCOC(=O)/C(=N/Nc1ccc(Br)cc1)N1CCC(C(=O)OCC)CC1. The van der Waals surface area contributed by atoms with E-state index in [9.17, 15) is 9.59 Å². The van der Waals surface area contributed by atoms with Crippen molar-refractivity contribution >= 4 is 39.4 Å². The van der Waals surface area contributed by atoms with Gasteiger partial charge in [-0.1, -0.05) is 15.9 Å². The first-order valence-corrected chi connectivity index (χ1v) is 9.52. The van der Waals surface area contributed by atoms with E-state index in [1.807, 2.05) is 29.2 Å². The van der Waals surface area contributed by atoms with Crippen molar-refractivity contribution in [3.8, 4) is 0 Å². The Morgan fingerprint density at radius 2 is 1.77 bits per heavy atom. The van der Waals surface area contributed by atoms with Crippen molar-refractivity contribution in [3.05, 3.63) is 28.7 Å². The molecule has 0 aromatic heterocycles. The van der Waals surface area contributed by atoms with Gasteiger partial charge in [-0.3, -0.25) is 10.2 Å². The summed E-state index contributed by atoms with van der Waals surface area (Å²) in [7, 11) is 0. The van der Waals surface area contributed by atoms with E-state index in [0.717, 1.165) is 10.2 Å². The first kappa shape index (κ1) is 20.2. The molecule has 0 radical (unpaired) electrons. The Balaban J connectivity index is 2.05. The number of piperidine rings is 1. The summed E-state index contributed by atoms with van der Waals surface area (Å²) < 4.78 is 11.2. The van der Waals surface area contributed by atoms with Crippen LogP contribution in [0.25, 0.3) is 0 Å². The third-order valence-electron chi connectivity index (χ3n) is 4.01. The van der Waals surface area contributed by atoms with Crippen molar-refractivity contribution < 1.29 is 19.1 Å². The molecular formula is C18H24BrN3O4. The molecule has 0 unspecified atom stereocenters. The number of likely N-dealkylation sites (tertiary alicyclic amines) is 1. The van der Waals surface area contributed by atoms with Crippen LogP contribution in [0.2, 0.25) is 0 Å². The average molecular weight is 426 g/mol. The number of ether oxygens (including phenoxy) is 2. The van der Waals surface area contributed by atoms with Crippen LogP contribution in [0.4, 0.5) is 5.69 Å². The minimum Gasteiger partial charge on any atom is -0.466 e. The van der Waals surface area contributed by atoms with Gasteiger partial charge < -0.3 is 14.4 Å². The highest BCUT2D eigenvalue weighted by molar-refractivity contribution is 9.10. The van der Waals surface area contributed by atoms with Gasteiger partial charge in [-0.15, -0.1) is 5.10 Å². The van der Waals surface area contributed by atoms with E-state index in [1.54, 1.807) is 13.8 Å². The molecule has 0 saturated carbocycles. The predicted octanol–water partition coefficient (Wildman–Crippen LogP) is 3.01.